The molecule has 6 nitrogen and oxygen atoms in total. The van der Waals surface area contributed by atoms with E-state index in [0.29, 0.717) is 26.3 Å². The van der Waals surface area contributed by atoms with Gasteiger partial charge in [0.25, 0.3) is 0 Å². The smallest absolute Gasteiger partial charge is 0.234 e. The van der Waals surface area contributed by atoms with Crippen LogP contribution in [-0.2, 0) is 16.0 Å². The molecule has 2 atom stereocenters. The maximum atomic E-state index is 12.1. The zero-order valence-corrected chi connectivity index (χ0v) is 14.4. The zero-order chi connectivity index (χ0) is 16.9. The van der Waals surface area contributed by atoms with Crippen molar-refractivity contribution in [1.82, 2.24) is 10.2 Å². The molecule has 3 rings (SSSR count). The van der Waals surface area contributed by atoms with Crippen LogP contribution < -0.4 is 14.8 Å². The molecule has 1 aromatic rings. The van der Waals surface area contributed by atoms with Gasteiger partial charge in [-0.15, -0.1) is 0 Å². The van der Waals surface area contributed by atoms with Crippen LogP contribution in [0, 0.1) is 0 Å². The molecule has 1 aromatic carbocycles. The molecule has 6 heteroatoms. The van der Waals surface area contributed by atoms with Crippen molar-refractivity contribution in [3.8, 4) is 11.5 Å². The second kappa shape index (κ2) is 7.85. The summed E-state index contributed by atoms with van der Waals surface area (Å²) in [4.78, 5) is 14.3. The molecule has 0 saturated carbocycles. The van der Waals surface area contributed by atoms with Crippen LogP contribution in [0.25, 0.3) is 0 Å². The van der Waals surface area contributed by atoms with Crippen molar-refractivity contribution in [3.63, 3.8) is 0 Å². The molecule has 0 aliphatic carbocycles. The molecule has 0 radical (unpaired) electrons. The van der Waals surface area contributed by atoms with E-state index in [1.807, 2.05) is 32.0 Å². The molecule has 1 saturated heterocycles. The number of carbonyl (C=O) groups excluding carboxylic acids is 1. The number of morpholine rings is 1. The summed E-state index contributed by atoms with van der Waals surface area (Å²) in [5.74, 6) is 1.65. The van der Waals surface area contributed by atoms with Crippen molar-refractivity contribution < 1.29 is 19.0 Å². The molecule has 24 heavy (non-hydrogen) atoms. The number of carbonyl (C=O) groups is 1. The normalized spacial score (nSPS) is 23.8. The van der Waals surface area contributed by atoms with Gasteiger partial charge in [0.1, 0.15) is 13.2 Å². The summed E-state index contributed by atoms with van der Waals surface area (Å²) in [6.45, 7) is 7.93. The quantitative estimate of drug-likeness (QED) is 0.877. The third-order valence-corrected chi connectivity index (χ3v) is 4.20. The van der Waals surface area contributed by atoms with E-state index in [1.165, 1.54) is 0 Å². The summed E-state index contributed by atoms with van der Waals surface area (Å²) < 4.78 is 16.8. The number of nitrogens with one attached hydrogen (secondary N) is 1. The first-order chi connectivity index (χ1) is 11.6. The average Bonchev–Trinajstić information content (AvgIpc) is 2.53. The van der Waals surface area contributed by atoms with E-state index in [9.17, 15) is 4.79 Å². The summed E-state index contributed by atoms with van der Waals surface area (Å²) in [6.07, 6.45) is 1.14. The number of benzene rings is 1. The van der Waals surface area contributed by atoms with E-state index in [0.717, 1.165) is 36.6 Å². The summed E-state index contributed by atoms with van der Waals surface area (Å²) >= 11 is 0. The van der Waals surface area contributed by atoms with Gasteiger partial charge < -0.3 is 19.5 Å². The van der Waals surface area contributed by atoms with Crippen molar-refractivity contribution in [1.29, 1.82) is 0 Å². The van der Waals surface area contributed by atoms with Crippen LogP contribution in [0.4, 0.5) is 0 Å². The van der Waals surface area contributed by atoms with Gasteiger partial charge in [-0.25, -0.2) is 0 Å². The second-order valence-corrected chi connectivity index (χ2v) is 6.53. The van der Waals surface area contributed by atoms with Crippen molar-refractivity contribution >= 4 is 5.91 Å². The minimum Gasteiger partial charge on any atom is -0.486 e. The zero-order valence-electron chi connectivity index (χ0n) is 14.4. The standard InChI is InChI=1S/C18H26N2O4/c1-13-10-20(11-14(2)24-13)12-18(21)19-6-5-15-3-4-16-17(9-15)23-8-7-22-16/h3-4,9,13-14H,5-8,10-12H2,1-2H3,(H,19,21). The Morgan fingerprint density at radius 1 is 1.17 bits per heavy atom. The molecule has 2 heterocycles. The Kier molecular flexibility index (Phi) is 5.58. The van der Waals surface area contributed by atoms with Crippen molar-refractivity contribution in [2.24, 2.45) is 0 Å². The van der Waals surface area contributed by atoms with Gasteiger partial charge in [-0.2, -0.15) is 0 Å². The van der Waals surface area contributed by atoms with Gasteiger partial charge in [-0.1, -0.05) is 6.07 Å². The average molecular weight is 334 g/mol. The number of hydrogen-bond acceptors (Lipinski definition) is 5. The third-order valence-electron chi connectivity index (χ3n) is 4.20. The number of fused-ring (bicyclic) bond motifs is 1. The lowest BCUT2D eigenvalue weighted by molar-refractivity contribution is -0.125. The van der Waals surface area contributed by atoms with E-state index in [4.69, 9.17) is 14.2 Å². The van der Waals surface area contributed by atoms with E-state index in [1.54, 1.807) is 0 Å². The molecule has 0 bridgehead atoms. The molecule has 0 spiro atoms. The van der Waals surface area contributed by atoms with E-state index in [2.05, 4.69) is 10.2 Å². The molecule has 1 N–H and O–H groups in total. The summed E-state index contributed by atoms with van der Waals surface area (Å²) in [5, 5.41) is 2.99. The van der Waals surface area contributed by atoms with E-state index in [-0.39, 0.29) is 18.1 Å². The Labute approximate surface area is 143 Å². The highest BCUT2D eigenvalue weighted by atomic mass is 16.6. The second-order valence-electron chi connectivity index (χ2n) is 6.53. The first-order valence-corrected chi connectivity index (χ1v) is 8.63. The lowest BCUT2D eigenvalue weighted by atomic mass is 10.1. The molecule has 2 aliphatic rings. The molecular weight excluding hydrogens is 308 g/mol. The van der Waals surface area contributed by atoms with E-state index >= 15 is 0 Å². The van der Waals surface area contributed by atoms with Gasteiger partial charge in [0.15, 0.2) is 11.5 Å². The molecule has 132 valence electrons. The minimum atomic E-state index is 0.0637. The van der Waals surface area contributed by atoms with Gasteiger partial charge in [-0.05, 0) is 38.0 Å². The van der Waals surface area contributed by atoms with Crippen LogP contribution in [0.2, 0.25) is 0 Å². The molecule has 1 fully saturated rings. The highest BCUT2D eigenvalue weighted by Crippen LogP contribution is 2.30. The summed E-state index contributed by atoms with van der Waals surface area (Å²) in [7, 11) is 0. The highest BCUT2D eigenvalue weighted by Gasteiger charge is 2.23. The van der Waals surface area contributed by atoms with Crippen LogP contribution in [0.5, 0.6) is 11.5 Å². The monoisotopic (exact) mass is 334 g/mol. The minimum absolute atomic E-state index is 0.0637. The van der Waals surface area contributed by atoms with Crippen molar-refractivity contribution in [2.75, 3.05) is 39.4 Å². The van der Waals surface area contributed by atoms with Gasteiger partial charge >= 0.3 is 0 Å². The van der Waals surface area contributed by atoms with Crippen LogP contribution >= 0.6 is 0 Å². The Morgan fingerprint density at radius 2 is 1.88 bits per heavy atom. The molecule has 0 aromatic heterocycles. The Hall–Kier alpha value is -1.79. The predicted octanol–water partition coefficient (Wildman–Crippen LogP) is 1.23. The summed E-state index contributed by atoms with van der Waals surface area (Å²) in [6, 6.07) is 5.94. The number of hydrogen-bond donors (Lipinski definition) is 1. The lowest BCUT2D eigenvalue weighted by Gasteiger charge is -2.34. The fourth-order valence-electron chi connectivity index (χ4n) is 3.26. The van der Waals surface area contributed by atoms with Gasteiger partial charge in [-0.3, -0.25) is 9.69 Å². The fraction of sp³-hybridized carbons (Fsp3) is 0.611. The first-order valence-electron chi connectivity index (χ1n) is 8.63. The SMILES string of the molecule is CC1CN(CC(=O)NCCc2ccc3c(c2)OCCO3)CC(C)O1. The number of amides is 1. The van der Waals surface area contributed by atoms with Crippen molar-refractivity contribution in [2.45, 2.75) is 32.5 Å². The first kappa shape index (κ1) is 17.0. The maximum Gasteiger partial charge on any atom is 0.234 e. The maximum absolute atomic E-state index is 12.1. The number of rotatable bonds is 5. The van der Waals surface area contributed by atoms with Crippen molar-refractivity contribution in [3.05, 3.63) is 23.8 Å². The van der Waals surface area contributed by atoms with Crippen LogP contribution in [0.15, 0.2) is 18.2 Å². The third kappa shape index (κ3) is 4.61. The molecule has 2 unspecified atom stereocenters. The van der Waals surface area contributed by atoms with Gasteiger partial charge in [0.2, 0.25) is 5.91 Å². The molecular formula is C18H26N2O4. The topological polar surface area (TPSA) is 60.0 Å². The van der Waals surface area contributed by atoms with E-state index < -0.39 is 0 Å². The van der Waals surface area contributed by atoms with Crippen LogP contribution in [-0.4, -0.2) is 62.4 Å². The van der Waals surface area contributed by atoms with Gasteiger partial charge in [0.05, 0.1) is 18.8 Å². The number of nitrogens with zero attached hydrogens (tertiary/aromatic N) is 1. The predicted molar refractivity (Wildman–Crippen MR) is 90.6 cm³/mol. The molecule has 2 aliphatic heterocycles. The summed E-state index contributed by atoms with van der Waals surface area (Å²) in [5.41, 5.74) is 1.13. The lowest BCUT2D eigenvalue weighted by Crippen LogP contribution is -2.49. The van der Waals surface area contributed by atoms with Crippen LogP contribution in [0.3, 0.4) is 0 Å². The fourth-order valence-corrected chi connectivity index (χ4v) is 3.26. The van der Waals surface area contributed by atoms with Crippen LogP contribution in [0.1, 0.15) is 19.4 Å². The number of ether oxygens (including phenoxy) is 3. The Morgan fingerprint density at radius 3 is 2.62 bits per heavy atom. The van der Waals surface area contributed by atoms with Gasteiger partial charge in [0, 0.05) is 19.6 Å². The molecule has 1 amide bonds. The largest absolute Gasteiger partial charge is 0.486 e. The highest BCUT2D eigenvalue weighted by molar-refractivity contribution is 5.78. The Bertz CT molecular complexity index is 568. The Balaban J connectivity index is 1.42.